The Labute approximate surface area is 148 Å². The van der Waals surface area contributed by atoms with E-state index < -0.39 is 0 Å². The Hall–Kier alpha value is -2.55. The maximum atomic E-state index is 12.0. The van der Waals surface area contributed by atoms with Crippen molar-refractivity contribution >= 4 is 23.2 Å². The summed E-state index contributed by atoms with van der Waals surface area (Å²) in [4.78, 5) is 23.9. The molecule has 1 amide bonds. The molecule has 0 aliphatic heterocycles. The number of hydrogen-bond donors (Lipinski definition) is 2. The van der Waals surface area contributed by atoms with Crippen LogP contribution in [0, 0.1) is 5.92 Å². The summed E-state index contributed by atoms with van der Waals surface area (Å²) in [7, 11) is 0. The van der Waals surface area contributed by atoms with Gasteiger partial charge in [0.1, 0.15) is 11.2 Å². The fourth-order valence-corrected chi connectivity index (χ4v) is 2.95. The fourth-order valence-electron chi connectivity index (χ4n) is 2.21. The molecule has 9 heteroatoms. The van der Waals surface area contributed by atoms with Crippen molar-refractivity contribution in [2.75, 3.05) is 12.3 Å². The smallest absolute Gasteiger partial charge is 0.290 e. The van der Waals surface area contributed by atoms with Crippen LogP contribution in [0.1, 0.15) is 20.3 Å². The van der Waals surface area contributed by atoms with E-state index in [-0.39, 0.29) is 17.2 Å². The molecule has 0 fully saturated rings. The average molecular weight is 361 g/mol. The third kappa shape index (κ3) is 4.11. The Kier molecular flexibility index (Phi) is 5.22. The van der Waals surface area contributed by atoms with Gasteiger partial charge in [-0.15, -0.1) is 5.10 Å². The van der Waals surface area contributed by atoms with Crippen molar-refractivity contribution in [3.63, 3.8) is 0 Å². The van der Waals surface area contributed by atoms with Gasteiger partial charge in [0.15, 0.2) is 5.76 Å². The fraction of sp³-hybridized carbons (Fsp3) is 0.375. The van der Waals surface area contributed by atoms with Crippen LogP contribution in [0.3, 0.4) is 0 Å². The number of nitrogens with one attached hydrogen (secondary N) is 2. The van der Waals surface area contributed by atoms with Gasteiger partial charge in [-0.25, -0.2) is 9.61 Å². The molecule has 0 aliphatic rings. The second kappa shape index (κ2) is 7.56. The molecule has 2 N–H and O–H groups in total. The molecule has 3 aromatic rings. The minimum absolute atomic E-state index is 0.0785. The summed E-state index contributed by atoms with van der Waals surface area (Å²) in [5.41, 5.74) is 0.534. The van der Waals surface area contributed by atoms with Crippen molar-refractivity contribution in [3.8, 4) is 11.5 Å². The van der Waals surface area contributed by atoms with Gasteiger partial charge in [-0.1, -0.05) is 25.6 Å². The molecule has 8 nitrogen and oxygen atoms in total. The van der Waals surface area contributed by atoms with Crippen LogP contribution in [0.2, 0.25) is 0 Å². The SMILES string of the molecule is CC(C)CCNC(=O)CSc1n[nH]c(=O)c2cc(-c3ccco3)nn12. The van der Waals surface area contributed by atoms with E-state index in [9.17, 15) is 9.59 Å². The number of aromatic nitrogens is 4. The Morgan fingerprint density at radius 3 is 3.04 bits per heavy atom. The predicted molar refractivity (Wildman–Crippen MR) is 94.5 cm³/mol. The zero-order valence-corrected chi connectivity index (χ0v) is 14.8. The maximum absolute atomic E-state index is 12.0. The number of nitrogens with zero attached hydrogens (tertiary/aromatic N) is 3. The van der Waals surface area contributed by atoms with E-state index in [4.69, 9.17) is 4.42 Å². The molecule has 3 heterocycles. The van der Waals surface area contributed by atoms with Gasteiger partial charge in [0.25, 0.3) is 5.56 Å². The molecule has 3 rings (SSSR count). The Bertz CT molecular complexity index is 914. The molecule has 0 radical (unpaired) electrons. The van der Waals surface area contributed by atoms with Gasteiger partial charge < -0.3 is 9.73 Å². The lowest BCUT2D eigenvalue weighted by atomic mass is 10.1. The summed E-state index contributed by atoms with van der Waals surface area (Å²) in [5.74, 6) is 1.22. The van der Waals surface area contributed by atoms with Crippen LogP contribution in [0.5, 0.6) is 0 Å². The van der Waals surface area contributed by atoms with Crippen LogP contribution in [-0.4, -0.2) is 38.0 Å². The van der Waals surface area contributed by atoms with Gasteiger partial charge in [0.2, 0.25) is 11.1 Å². The van der Waals surface area contributed by atoms with E-state index >= 15 is 0 Å². The first kappa shape index (κ1) is 17.3. The minimum Gasteiger partial charge on any atom is -0.463 e. The number of amides is 1. The van der Waals surface area contributed by atoms with Gasteiger partial charge in [0.05, 0.1) is 12.0 Å². The van der Waals surface area contributed by atoms with Crippen LogP contribution in [0.4, 0.5) is 0 Å². The summed E-state index contributed by atoms with van der Waals surface area (Å²) in [6.07, 6.45) is 2.47. The molecule has 0 aromatic carbocycles. The molecule has 0 unspecified atom stereocenters. The van der Waals surface area contributed by atoms with Crippen LogP contribution < -0.4 is 10.9 Å². The van der Waals surface area contributed by atoms with E-state index in [2.05, 4.69) is 34.5 Å². The van der Waals surface area contributed by atoms with E-state index in [0.29, 0.717) is 34.6 Å². The zero-order chi connectivity index (χ0) is 17.8. The lowest BCUT2D eigenvalue weighted by Crippen LogP contribution is -2.27. The first-order valence-corrected chi connectivity index (χ1v) is 8.95. The van der Waals surface area contributed by atoms with Gasteiger partial charge in [-0.3, -0.25) is 9.59 Å². The second-order valence-corrected chi connectivity index (χ2v) is 6.90. The standard InChI is InChI=1S/C16H19N5O3S/c1-10(2)5-6-17-14(22)9-25-16-19-18-15(23)12-8-11(20-21(12)16)13-4-3-7-24-13/h3-4,7-8,10H,5-6,9H2,1-2H3,(H,17,22)(H,18,23). The Morgan fingerprint density at radius 2 is 2.32 bits per heavy atom. The number of carbonyl (C=O) groups excluding carboxylic acids is 1. The molecule has 25 heavy (non-hydrogen) atoms. The summed E-state index contributed by atoms with van der Waals surface area (Å²) in [6, 6.07) is 5.14. The number of H-pyrrole nitrogens is 1. The highest BCUT2D eigenvalue weighted by Gasteiger charge is 2.14. The highest BCUT2D eigenvalue weighted by molar-refractivity contribution is 7.99. The number of carbonyl (C=O) groups is 1. The number of thioether (sulfide) groups is 1. The summed E-state index contributed by atoms with van der Waals surface area (Å²) in [5, 5.41) is 14.1. The molecule has 132 valence electrons. The van der Waals surface area contributed by atoms with Gasteiger partial charge in [-0.2, -0.15) is 5.10 Å². The molecule has 0 aliphatic carbocycles. The van der Waals surface area contributed by atoms with E-state index in [1.807, 2.05) is 0 Å². The van der Waals surface area contributed by atoms with Crippen molar-refractivity contribution < 1.29 is 9.21 Å². The normalized spacial score (nSPS) is 11.3. The summed E-state index contributed by atoms with van der Waals surface area (Å²) < 4.78 is 6.74. The number of aromatic amines is 1. The number of furan rings is 1. The van der Waals surface area contributed by atoms with E-state index in [0.717, 1.165) is 6.42 Å². The van der Waals surface area contributed by atoms with Crippen molar-refractivity contribution in [3.05, 3.63) is 34.8 Å². The first-order valence-electron chi connectivity index (χ1n) is 7.96. The molecule has 0 bridgehead atoms. The number of rotatable bonds is 7. The largest absolute Gasteiger partial charge is 0.463 e. The lowest BCUT2D eigenvalue weighted by molar-refractivity contribution is -0.118. The average Bonchev–Trinajstić information content (AvgIpc) is 3.23. The van der Waals surface area contributed by atoms with Gasteiger partial charge in [0, 0.05) is 12.6 Å². The lowest BCUT2D eigenvalue weighted by Gasteiger charge is -2.07. The van der Waals surface area contributed by atoms with Crippen molar-refractivity contribution in [1.82, 2.24) is 25.1 Å². The predicted octanol–water partition coefficient (Wildman–Crippen LogP) is 1.93. The topological polar surface area (TPSA) is 105 Å². The molecular formula is C16H19N5O3S. The zero-order valence-electron chi connectivity index (χ0n) is 14.0. The molecular weight excluding hydrogens is 342 g/mol. The first-order chi connectivity index (χ1) is 12.0. The summed E-state index contributed by atoms with van der Waals surface area (Å²) >= 11 is 1.21. The van der Waals surface area contributed by atoms with Crippen molar-refractivity contribution in [1.29, 1.82) is 0 Å². The molecule has 0 saturated heterocycles. The molecule has 0 spiro atoms. The van der Waals surface area contributed by atoms with Gasteiger partial charge in [-0.05, 0) is 24.5 Å². The van der Waals surface area contributed by atoms with Crippen LogP contribution in [0.15, 0.2) is 38.8 Å². The van der Waals surface area contributed by atoms with Crippen LogP contribution >= 0.6 is 11.8 Å². The van der Waals surface area contributed by atoms with E-state index in [1.165, 1.54) is 16.3 Å². The maximum Gasteiger partial charge on any atom is 0.290 e. The molecule has 3 aromatic heterocycles. The minimum atomic E-state index is -0.351. The van der Waals surface area contributed by atoms with Gasteiger partial charge >= 0.3 is 0 Å². The van der Waals surface area contributed by atoms with Crippen molar-refractivity contribution in [2.45, 2.75) is 25.4 Å². The number of fused-ring (bicyclic) bond motifs is 1. The van der Waals surface area contributed by atoms with Crippen molar-refractivity contribution in [2.24, 2.45) is 5.92 Å². The second-order valence-electron chi connectivity index (χ2n) is 5.96. The third-order valence-electron chi connectivity index (χ3n) is 3.53. The molecule has 0 atom stereocenters. The summed E-state index contributed by atoms with van der Waals surface area (Å²) in [6.45, 7) is 4.86. The Morgan fingerprint density at radius 1 is 1.48 bits per heavy atom. The monoisotopic (exact) mass is 361 g/mol. The molecule has 0 saturated carbocycles. The highest BCUT2D eigenvalue weighted by Crippen LogP contribution is 2.21. The Balaban J connectivity index is 1.74. The quantitative estimate of drug-likeness (QED) is 0.623. The van der Waals surface area contributed by atoms with E-state index in [1.54, 1.807) is 24.5 Å². The van der Waals surface area contributed by atoms with Crippen LogP contribution in [0.25, 0.3) is 17.0 Å². The number of hydrogen-bond acceptors (Lipinski definition) is 6. The highest BCUT2D eigenvalue weighted by atomic mass is 32.2. The third-order valence-corrected chi connectivity index (χ3v) is 4.46. The van der Waals surface area contributed by atoms with Crippen LogP contribution in [-0.2, 0) is 4.79 Å².